The molecule has 0 aromatic heterocycles. The molecule has 3 aliphatic heterocycles. The molecule has 3 aliphatic rings. The van der Waals surface area contributed by atoms with Crippen LogP contribution in [0.4, 0.5) is 5.69 Å². The van der Waals surface area contributed by atoms with Crippen molar-refractivity contribution in [1.29, 1.82) is 0 Å². The van der Waals surface area contributed by atoms with Crippen LogP contribution >= 0.6 is 0 Å². The average Bonchev–Trinajstić information content (AvgIpc) is 2.84. The van der Waals surface area contributed by atoms with Gasteiger partial charge in [0.2, 0.25) is 10.0 Å². The molecule has 3 fully saturated rings. The monoisotopic (exact) mass is 462 g/mol. The Labute approximate surface area is 193 Å². The normalized spacial score (nSPS) is 21.8. The molecular formula is C24H38N4O3S. The minimum Gasteiger partial charge on any atom is -0.370 e. The van der Waals surface area contributed by atoms with Crippen LogP contribution in [0.15, 0.2) is 23.1 Å². The molecule has 0 atom stereocenters. The lowest BCUT2D eigenvalue weighted by Crippen LogP contribution is -2.50. The summed E-state index contributed by atoms with van der Waals surface area (Å²) >= 11 is 0. The zero-order valence-corrected chi connectivity index (χ0v) is 20.4. The standard InChI is InChI=1S/C24H38N4O3S/c1-20(2)25-15-17-27(18-16-25)24(29)21-9-10-22(26-11-5-3-6-12-26)23(19-21)32(30,31)28-13-7-4-8-14-28/h9-10,19-20H,3-8,11-18H2,1-2H3. The predicted molar refractivity (Wildman–Crippen MR) is 128 cm³/mol. The maximum atomic E-state index is 13.7. The van der Waals surface area contributed by atoms with Crippen LogP contribution in [0.2, 0.25) is 0 Å². The zero-order chi connectivity index (χ0) is 22.7. The fourth-order valence-corrected chi connectivity index (χ4v) is 6.87. The van der Waals surface area contributed by atoms with Gasteiger partial charge in [-0.3, -0.25) is 9.69 Å². The highest BCUT2D eigenvalue weighted by Crippen LogP contribution is 2.32. The van der Waals surface area contributed by atoms with E-state index in [1.165, 1.54) is 6.42 Å². The van der Waals surface area contributed by atoms with Crippen molar-refractivity contribution >= 4 is 21.6 Å². The minimum absolute atomic E-state index is 0.0614. The van der Waals surface area contributed by atoms with Crippen LogP contribution in [0, 0.1) is 0 Å². The third-order valence-corrected chi connectivity index (χ3v) is 9.10. The van der Waals surface area contributed by atoms with Gasteiger partial charge in [0.05, 0.1) is 5.69 Å². The zero-order valence-electron chi connectivity index (χ0n) is 19.6. The minimum atomic E-state index is -3.64. The van der Waals surface area contributed by atoms with Crippen LogP contribution in [0.1, 0.15) is 62.7 Å². The first-order chi connectivity index (χ1) is 15.4. The van der Waals surface area contributed by atoms with Crippen molar-refractivity contribution in [2.45, 2.75) is 63.3 Å². The van der Waals surface area contributed by atoms with Gasteiger partial charge in [0.25, 0.3) is 5.91 Å². The third kappa shape index (κ3) is 4.97. The molecular weight excluding hydrogens is 424 g/mol. The summed E-state index contributed by atoms with van der Waals surface area (Å²) in [6.07, 6.45) is 6.21. The lowest BCUT2D eigenvalue weighted by Gasteiger charge is -2.37. The molecule has 3 heterocycles. The van der Waals surface area contributed by atoms with E-state index in [9.17, 15) is 13.2 Å². The Morgan fingerprint density at radius 3 is 2.00 bits per heavy atom. The van der Waals surface area contributed by atoms with Gasteiger partial charge < -0.3 is 9.80 Å². The topological polar surface area (TPSA) is 64.2 Å². The number of carbonyl (C=O) groups is 1. The highest BCUT2D eigenvalue weighted by atomic mass is 32.2. The van der Waals surface area contributed by atoms with Gasteiger partial charge in [-0.2, -0.15) is 4.31 Å². The smallest absolute Gasteiger partial charge is 0.253 e. The van der Waals surface area contributed by atoms with Gasteiger partial charge in [-0.15, -0.1) is 0 Å². The molecule has 178 valence electrons. The lowest BCUT2D eigenvalue weighted by atomic mass is 10.1. The summed E-state index contributed by atoms with van der Waals surface area (Å²) in [5, 5.41) is 0. The Kier molecular flexibility index (Phi) is 7.42. The molecule has 0 N–H and O–H groups in total. The first-order valence-corrected chi connectivity index (χ1v) is 13.7. The number of carbonyl (C=O) groups excluding carboxylic acids is 1. The first-order valence-electron chi connectivity index (χ1n) is 12.3. The Hall–Kier alpha value is -1.64. The molecule has 0 unspecified atom stereocenters. The number of benzene rings is 1. The summed E-state index contributed by atoms with van der Waals surface area (Å²) in [7, 11) is -3.64. The lowest BCUT2D eigenvalue weighted by molar-refractivity contribution is 0.0595. The maximum Gasteiger partial charge on any atom is 0.253 e. The molecule has 0 spiro atoms. The van der Waals surface area contributed by atoms with Gasteiger partial charge in [0.15, 0.2) is 0 Å². The van der Waals surface area contributed by atoms with Crippen molar-refractivity contribution in [1.82, 2.24) is 14.1 Å². The van der Waals surface area contributed by atoms with Crippen LogP contribution in [0.3, 0.4) is 0 Å². The largest absolute Gasteiger partial charge is 0.370 e. The fraction of sp³-hybridized carbons (Fsp3) is 0.708. The Morgan fingerprint density at radius 2 is 1.41 bits per heavy atom. The highest BCUT2D eigenvalue weighted by Gasteiger charge is 2.32. The second-order valence-electron chi connectivity index (χ2n) is 9.62. The van der Waals surface area contributed by atoms with Gasteiger partial charge in [-0.05, 0) is 64.2 Å². The van der Waals surface area contributed by atoms with E-state index in [4.69, 9.17) is 0 Å². The summed E-state index contributed by atoms with van der Waals surface area (Å²) in [5.74, 6) is -0.0614. The first kappa shape index (κ1) is 23.5. The van der Waals surface area contributed by atoms with Crippen molar-refractivity contribution in [3.8, 4) is 0 Å². The SMILES string of the molecule is CC(C)N1CCN(C(=O)c2ccc(N3CCCCC3)c(S(=O)(=O)N3CCCCC3)c2)CC1. The molecule has 32 heavy (non-hydrogen) atoms. The van der Waals surface area contributed by atoms with Crippen molar-refractivity contribution in [3.05, 3.63) is 23.8 Å². The number of nitrogens with zero attached hydrogens (tertiary/aromatic N) is 4. The molecule has 4 rings (SSSR count). The molecule has 1 aromatic carbocycles. The highest BCUT2D eigenvalue weighted by molar-refractivity contribution is 7.89. The average molecular weight is 463 g/mol. The van der Waals surface area contributed by atoms with E-state index in [0.717, 1.165) is 64.0 Å². The third-order valence-electron chi connectivity index (χ3n) is 7.17. The van der Waals surface area contributed by atoms with E-state index in [1.54, 1.807) is 10.4 Å². The van der Waals surface area contributed by atoms with Crippen molar-refractivity contribution in [2.75, 3.05) is 57.3 Å². The van der Waals surface area contributed by atoms with E-state index >= 15 is 0 Å². The van der Waals surface area contributed by atoms with Crippen molar-refractivity contribution in [3.63, 3.8) is 0 Å². The van der Waals surface area contributed by atoms with Crippen molar-refractivity contribution < 1.29 is 13.2 Å². The molecule has 1 amide bonds. The van der Waals surface area contributed by atoms with Crippen LogP contribution in [0.5, 0.6) is 0 Å². The van der Waals surface area contributed by atoms with Crippen molar-refractivity contribution in [2.24, 2.45) is 0 Å². The van der Waals surface area contributed by atoms with E-state index in [-0.39, 0.29) is 5.91 Å². The second kappa shape index (κ2) is 10.1. The molecule has 0 bridgehead atoms. The second-order valence-corrected chi connectivity index (χ2v) is 11.5. The number of anilines is 1. The number of piperidine rings is 2. The summed E-state index contributed by atoms with van der Waals surface area (Å²) < 4.78 is 29.0. The quantitative estimate of drug-likeness (QED) is 0.673. The Balaban J connectivity index is 1.63. The van der Waals surface area contributed by atoms with E-state index in [0.29, 0.717) is 42.7 Å². The molecule has 3 saturated heterocycles. The van der Waals surface area contributed by atoms with Gasteiger partial charge in [0.1, 0.15) is 4.90 Å². The molecule has 0 aliphatic carbocycles. The predicted octanol–water partition coefficient (Wildman–Crippen LogP) is 3.02. The maximum absolute atomic E-state index is 13.7. The molecule has 8 heteroatoms. The summed E-state index contributed by atoms with van der Waals surface area (Å²) in [6, 6.07) is 5.83. The Morgan fingerprint density at radius 1 is 0.812 bits per heavy atom. The number of sulfonamides is 1. The number of piperazine rings is 1. The van der Waals surface area contributed by atoms with Gasteiger partial charge in [-0.1, -0.05) is 6.42 Å². The van der Waals surface area contributed by atoms with E-state index in [2.05, 4.69) is 23.6 Å². The van der Waals surface area contributed by atoms with Crippen LogP contribution in [-0.4, -0.2) is 86.8 Å². The molecule has 0 radical (unpaired) electrons. The Bertz CT molecular complexity index is 898. The van der Waals surface area contributed by atoms with Gasteiger partial charge in [0, 0.05) is 64.0 Å². The summed E-state index contributed by atoms with van der Waals surface area (Å²) in [6.45, 7) is 10.3. The van der Waals surface area contributed by atoms with E-state index in [1.807, 2.05) is 17.0 Å². The van der Waals surface area contributed by atoms with Crippen LogP contribution in [0.25, 0.3) is 0 Å². The fourth-order valence-electron chi connectivity index (χ4n) is 5.12. The number of amides is 1. The molecule has 1 aromatic rings. The van der Waals surface area contributed by atoms with Gasteiger partial charge >= 0.3 is 0 Å². The summed E-state index contributed by atoms with van der Waals surface area (Å²) in [5.41, 5.74) is 1.25. The van der Waals surface area contributed by atoms with Gasteiger partial charge in [-0.25, -0.2) is 8.42 Å². The number of hydrogen-bond donors (Lipinski definition) is 0. The van der Waals surface area contributed by atoms with E-state index < -0.39 is 10.0 Å². The number of hydrogen-bond acceptors (Lipinski definition) is 5. The molecule has 7 nitrogen and oxygen atoms in total. The van der Waals surface area contributed by atoms with Crippen LogP contribution in [-0.2, 0) is 10.0 Å². The van der Waals surface area contributed by atoms with Crippen LogP contribution < -0.4 is 4.90 Å². The molecule has 0 saturated carbocycles. The summed E-state index contributed by atoms with van der Waals surface area (Å²) in [4.78, 5) is 20.0. The number of rotatable bonds is 5.